The van der Waals surface area contributed by atoms with Gasteiger partial charge in [0, 0.05) is 29.7 Å². The van der Waals surface area contributed by atoms with Gasteiger partial charge < -0.3 is 15.4 Å². The van der Waals surface area contributed by atoms with Gasteiger partial charge in [-0.15, -0.1) is 0 Å². The van der Waals surface area contributed by atoms with E-state index in [1.807, 2.05) is 36.4 Å². The molecule has 0 bridgehead atoms. The van der Waals surface area contributed by atoms with Crippen LogP contribution in [0, 0.1) is 5.92 Å². The lowest BCUT2D eigenvalue weighted by Crippen LogP contribution is -2.25. The molecule has 0 radical (unpaired) electrons. The molecule has 136 valence electrons. The van der Waals surface area contributed by atoms with Crippen LogP contribution in [-0.4, -0.2) is 25.5 Å². The van der Waals surface area contributed by atoms with Crippen LogP contribution in [-0.2, 0) is 20.9 Å². The fourth-order valence-corrected chi connectivity index (χ4v) is 3.23. The second-order valence-electron chi connectivity index (χ2n) is 6.40. The number of rotatable bonds is 7. The zero-order chi connectivity index (χ0) is 18.5. The lowest BCUT2D eigenvalue weighted by molar-refractivity contribution is -0.122. The molecule has 1 aliphatic rings. The van der Waals surface area contributed by atoms with Gasteiger partial charge in [-0.3, -0.25) is 9.59 Å². The summed E-state index contributed by atoms with van der Waals surface area (Å²) in [5, 5.41) is 5.75. The molecule has 0 saturated heterocycles. The van der Waals surface area contributed by atoms with Crippen molar-refractivity contribution >= 4 is 33.4 Å². The summed E-state index contributed by atoms with van der Waals surface area (Å²) >= 11 is 3.43. The van der Waals surface area contributed by atoms with Gasteiger partial charge in [-0.05, 0) is 47.7 Å². The highest BCUT2D eigenvalue weighted by Crippen LogP contribution is 2.47. The minimum atomic E-state index is -0.205. The molecular formula is C20H21BrN2O3. The molecule has 3 rings (SSSR count). The predicted molar refractivity (Wildman–Crippen MR) is 104 cm³/mol. The number of amides is 2. The standard InChI is InChI=1S/C20H21BrN2O3/c1-26-12-19(24)23-16-4-2-3-13(9-16)11-22-20(25)18-10-17(18)14-5-7-15(21)8-6-14/h2-9,17-18H,10-12H2,1H3,(H,22,25)(H,23,24). The Morgan fingerprint density at radius 3 is 2.69 bits per heavy atom. The van der Waals surface area contributed by atoms with Crippen molar-refractivity contribution in [1.82, 2.24) is 5.32 Å². The average molecular weight is 417 g/mol. The summed E-state index contributed by atoms with van der Waals surface area (Å²) in [6.45, 7) is 0.455. The van der Waals surface area contributed by atoms with Crippen molar-refractivity contribution in [3.8, 4) is 0 Å². The van der Waals surface area contributed by atoms with E-state index in [-0.39, 0.29) is 24.3 Å². The predicted octanol–water partition coefficient (Wildman–Crippen LogP) is 3.45. The Kier molecular flexibility index (Phi) is 6.06. The van der Waals surface area contributed by atoms with Gasteiger partial charge in [0.15, 0.2) is 0 Å². The molecule has 2 N–H and O–H groups in total. The summed E-state index contributed by atoms with van der Waals surface area (Å²) in [6.07, 6.45) is 0.889. The molecule has 0 aromatic heterocycles. The molecule has 0 spiro atoms. The normalized spacial score (nSPS) is 18.2. The number of nitrogens with one attached hydrogen (secondary N) is 2. The average Bonchev–Trinajstić information content (AvgIpc) is 3.42. The highest BCUT2D eigenvalue weighted by molar-refractivity contribution is 9.10. The number of ether oxygens (including phenoxy) is 1. The maximum Gasteiger partial charge on any atom is 0.250 e. The molecule has 0 heterocycles. The van der Waals surface area contributed by atoms with Crippen LogP contribution >= 0.6 is 15.9 Å². The highest BCUT2D eigenvalue weighted by atomic mass is 79.9. The van der Waals surface area contributed by atoms with Crippen LogP contribution in [0.25, 0.3) is 0 Å². The molecule has 2 atom stereocenters. The zero-order valence-corrected chi connectivity index (χ0v) is 16.1. The van der Waals surface area contributed by atoms with E-state index in [0.29, 0.717) is 18.2 Å². The number of hydrogen-bond acceptors (Lipinski definition) is 3. The number of hydrogen-bond donors (Lipinski definition) is 2. The Hall–Kier alpha value is -2.18. The molecule has 0 aliphatic heterocycles. The molecule has 5 nitrogen and oxygen atoms in total. The molecule has 2 amide bonds. The summed E-state index contributed by atoms with van der Waals surface area (Å²) in [6, 6.07) is 15.6. The fourth-order valence-electron chi connectivity index (χ4n) is 2.97. The molecule has 1 aliphatic carbocycles. The number of anilines is 1. The van der Waals surface area contributed by atoms with Gasteiger partial charge >= 0.3 is 0 Å². The third-order valence-corrected chi connectivity index (χ3v) is 4.91. The molecule has 2 unspecified atom stereocenters. The van der Waals surface area contributed by atoms with Gasteiger partial charge in [0.2, 0.25) is 11.8 Å². The molecular weight excluding hydrogens is 396 g/mol. The first-order valence-corrected chi connectivity index (χ1v) is 9.27. The Morgan fingerprint density at radius 2 is 1.96 bits per heavy atom. The summed E-state index contributed by atoms with van der Waals surface area (Å²) < 4.78 is 5.84. The van der Waals surface area contributed by atoms with E-state index in [9.17, 15) is 9.59 Å². The van der Waals surface area contributed by atoms with E-state index in [2.05, 4.69) is 38.7 Å². The van der Waals surface area contributed by atoms with Gasteiger partial charge in [0.05, 0.1) is 0 Å². The first kappa shape index (κ1) is 18.6. The summed E-state index contributed by atoms with van der Waals surface area (Å²) in [5.74, 6) is 0.222. The number of methoxy groups -OCH3 is 1. The van der Waals surface area contributed by atoms with Crippen molar-refractivity contribution in [2.75, 3.05) is 19.0 Å². The Balaban J connectivity index is 1.51. The van der Waals surface area contributed by atoms with Crippen molar-refractivity contribution in [1.29, 1.82) is 0 Å². The minimum Gasteiger partial charge on any atom is -0.375 e. The van der Waals surface area contributed by atoms with Crippen molar-refractivity contribution in [3.05, 3.63) is 64.1 Å². The molecule has 2 aromatic rings. The third-order valence-electron chi connectivity index (χ3n) is 4.38. The molecule has 26 heavy (non-hydrogen) atoms. The highest BCUT2D eigenvalue weighted by Gasteiger charge is 2.43. The lowest BCUT2D eigenvalue weighted by Gasteiger charge is -2.09. The largest absolute Gasteiger partial charge is 0.375 e. The Bertz CT molecular complexity index is 792. The van der Waals surface area contributed by atoms with E-state index < -0.39 is 0 Å². The quantitative estimate of drug-likeness (QED) is 0.725. The van der Waals surface area contributed by atoms with Crippen LogP contribution in [0.2, 0.25) is 0 Å². The topological polar surface area (TPSA) is 67.4 Å². The fraction of sp³-hybridized carbons (Fsp3) is 0.300. The molecule has 2 aromatic carbocycles. The molecule has 1 fully saturated rings. The number of benzene rings is 2. The Morgan fingerprint density at radius 1 is 1.19 bits per heavy atom. The van der Waals surface area contributed by atoms with E-state index >= 15 is 0 Å². The number of carbonyl (C=O) groups is 2. The van der Waals surface area contributed by atoms with Gasteiger partial charge in [-0.1, -0.05) is 40.2 Å². The van der Waals surface area contributed by atoms with Gasteiger partial charge in [-0.25, -0.2) is 0 Å². The summed E-state index contributed by atoms with van der Waals surface area (Å²) in [4.78, 5) is 23.9. The monoisotopic (exact) mass is 416 g/mol. The van der Waals surface area contributed by atoms with Crippen molar-refractivity contribution < 1.29 is 14.3 Å². The maximum atomic E-state index is 12.4. The van der Waals surface area contributed by atoms with E-state index in [1.165, 1.54) is 12.7 Å². The molecule has 1 saturated carbocycles. The van der Waals surface area contributed by atoms with Crippen molar-refractivity contribution in [2.45, 2.75) is 18.9 Å². The summed E-state index contributed by atoms with van der Waals surface area (Å²) in [5.41, 5.74) is 2.84. The van der Waals surface area contributed by atoms with Gasteiger partial charge in [-0.2, -0.15) is 0 Å². The first-order valence-electron chi connectivity index (χ1n) is 8.47. The second kappa shape index (κ2) is 8.47. The summed E-state index contributed by atoms with van der Waals surface area (Å²) in [7, 11) is 1.48. The third kappa shape index (κ3) is 4.93. The van der Waals surface area contributed by atoms with Crippen LogP contribution in [0.4, 0.5) is 5.69 Å². The van der Waals surface area contributed by atoms with Crippen LogP contribution in [0.3, 0.4) is 0 Å². The number of carbonyl (C=O) groups excluding carboxylic acids is 2. The van der Waals surface area contributed by atoms with Crippen LogP contribution in [0.1, 0.15) is 23.5 Å². The van der Waals surface area contributed by atoms with Crippen LogP contribution in [0.15, 0.2) is 53.0 Å². The van der Waals surface area contributed by atoms with E-state index in [0.717, 1.165) is 16.5 Å². The van der Waals surface area contributed by atoms with Crippen LogP contribution in [0.5, 0.6) is 0 Å². The Labute approximate surface area is 161 Å². The van der Waals surface area contributed by atoms with Crippen molar-refractivity contribution in [3.63, 3.8) is 0 Å². The minimum absolute atomic E-state index is 0.0140. The van der Waals surface area contributed by atoms with E-state index in [4.69, 9.17) is 4.74 Å². The molecule has 6 heteroatoms. The lowest BCUT2D eigenvalue weighted by atomic mass is 10.1. The first-order chi connectivity index (χ1) is 12.6. The SMILES string of the molecule is COCC(=O)Nc1cccc(CNC(=O)C2CC2c2ccc(Br)cc2)c1. The smallest absolute Gasteiger partial charge is 0.250 e. The zero-order valence-electron chi connectivity index (χ0n) is 14.5. The van der Waals surface area contributed by atoms with Crippen molar-refractivity contribution in [2.24, 2.45) is 5.92 Å². The van der Waals surface area contributed by atoms with Gasteiger partial charge in [0.25, 0.3) is 0 Å². The number of halogens is 1. The van der Waals surface area contributed by atoms with Crippen LogP contribution < -0.4 is 10.6 Å². The van der Waals surface area contributed by atoms with E-state index in [1.54, 1.807) is 0 Å². The maximum absolute atomic E-state index is 12.4. The second-order valence-corrected chi connectivity index (χ2v) is 7.32. The van der Waals surface area contributed by atoms with Gasteiger partial charge in [0.1, 0.15) is 6.61 Å².